The largest absolute Gasteiger partial charge is 0.370 e. The van der Waals surface area contributed by atoms with Gasteiger partial charge in [-0.3, -0.25) is 9.89 Å². The molecule has 1 unspecified atom stereocenters. The van der Waals surface area contributed by atoms with Crippen molar-refractivity contribution in [3.8, 4) is 0 Å². The highest BCUT2D eigenvalue weighted by Crippen LogP contribution is 2.23. The van der Waals surface area contributed by atoms with Crippen molar-refractivity contribution in [2.24, 2.45) is 0 Å². The van der Waals surface area contributed by atoms with Gasteiger partial charge in [-0.05, 0) is 12.5 Å². The number of aromatic nitrogens is 2. The van der Waals surface area contributed by atoms with Crippen molar-refractivity contribution < 1.29 is 9.53 Å². The van der Waals surface area contributed by atoms with E-state index in [0.29, 0.717) is 25.3 Å². The number of hydrogen-bond acceptors (Lipinski definition) is 3. The van der Waals surface area contributed by atoms with Gasteiger partial charge in [0.2, 0.25) is 0 Å². The van der Waals surface area contributed by atoms with Gasteiger partial charge in [0.15, 0.2) is 0 Å². The molecule has 2 heterocycles. The van der Waals surface area contributed by atoms with Gasteiger partial charge in [-0.15, -0.1) is 0 Å². The van der Waals surface area contributed by atoms with Crippen molar-refractivity contribution in [3.05, 3.63) is 53.3 Å². The zero-order valence-electron chi connectivity index (χ0n) is 11.4. The topological polar surface area (TPSA) is 58.2 Å². The maximum Gasteiger partial charge on any atom is 0.257 e. The standard InChI is InChI=1S/C15H17N3O2/c1-11-13(9-16-17-11)15(19)18-7-8-20-14(10-18)12-5-3-2-4-6-12/h2-6,9,14H,7-8,10H2,1H3,(H,16,17). The number of nitrogens with one attached hydrogen (secondary N) is 1. The summed E-state index contributed by atoms with van der Waals surface area (Å²) in [4.78, 5) is 14.3. The smallest absolute Gasteiger partial charge is 0.257 e. The number of carbonyl (C=O) groups excluding carboxylic acids is 1. The molecule has 1 saturated heterocycles. The number of aryl methyl sites for hydroxylation is 1. The summed E-state index contributed by atoms with van der Waals surface area (Å²) in [7, 11) is 0. The number of ether oxygens (including phenoxy) is 1. The number of rotatable bonds is 2. The number of carbonyl (C=O) groups is 1. The summed E-state index contributed by atoms with van der Waals surface area (Å²) in [5, 5.41) is 6.71. The highest BCUT2D eigenvalue weighted by atomic mass is 16.5. The van der Waals surface area contributed by atoms with Crippen LogP contribution in [0.2, 0.25) is 0 Å². The first-order valence-corrected chi connectivity index (χ1v) is 6.71. The fraction of sp³-hybridized carbons (Fsp3) is 0.333. The van der Waals surface area contributed by atoms with Crippen LogP contribution in [0.15, 0.2) is 36.5 Å². The van der Waals surface area contributed by atoms with E-state index >= 15 is 0 Å². The van der Waals surface area contributed by atoms with Crippen molar-refractivity contribution in [2.75, 3.05) is 19.7 Å². The third kappa shape index (κ3) is 2.44. The lowest BCUT2D eigenvalue weighted by Gasteiger charge is -2.33. The summed E-state index contributed by atoms with van der Waals surface area (Å²) in [6, 6.07) is 10.0. The summed E-state index contributed by atoms with van der Waals surface area (Å²) in [6.45, 7) is 3.61. The predicted molar refractivity (Wildman–Crippen MR) is 74.4 cm³/mol. The molecule has 5 nitrogen and oxygen atoms in total. The van der Waals surface area contributed by atoms with E-state index in [0.717, 1.165) is 11.3 Å². The van der Waals surface area contributed by atoms with E-state index in [9.17, 15) is 4.79 Å². The lowest BCUT2D eigenvalue weighted by Crippen LogP contribution is -2.42. The molecule has 1 aliphatic rings. The molecule has 0 radical (unpaired) electrons. The Labute approximate surface area is 117 Å². The minimum absolute atomic E-state index is 0.0143. The second kappa shape index (κ2) is 5.46. The first kappa shape index (κ1) is 12.9. The summed E-state index contributed by atoms with van der Waals surface area (Å²) in [5.41, 5.74) is 2.55. The SMILES string of the molecule is Cc1[nH]ncc1C(=O)N1CCOC(c2ccccc2)C1. The van der Waals surface area contributed by atoms with Crippen molar-refractivity contribution in [1.29, 1.82) is 0 Å². The Hall–Kier alpha value is -2.14. The summed E-state index contributed by atoms with van der Waals surface area (Å²) in [6.07, 6.45) is 1.53. The van der Waals surface area contributed by atoms with E-state index < -0.39 is 0 Å². The molecule has 0 bridgehead atoms. The minimum Gasteiger partial charge on any atom is -0.370 e. The van der Waals surface area contributed by atoms with Crippen LogP contribution in [-0.4, -0.2) is 40.7 Å². The molecule has 0 spiro atoms. The minimum atomic E-state index is -0.0545. The Bertz CT molecular complexity index is 594. The van der Waals surface area contributed by atoms with Crippen molar-refractivity contribution in [3.63, 3.8) is 0 Å². The zero-order valence-corrected chi connectivity index (χ0v) is 11.4. The van der Waals surface area contributed by atoms with Gasteiger partial charge in [0.25, 0.3) is 5.91 Å². The average Bonchev–Trinajstić information content (AvgIpc) is 2.94. The molecule has 104 valence electrons. The van der Waals surface area contributed by atoms with Crippen LogP contribution < -0.4 is 0 Å². The Kier molecular flexibility index (Phi) is 3.52. The molecule has 1 amide bonds. The van der Waals surface area contributed by atoms with Gasteiger partial charge in [-0.2, -0.15) is 5.10 Å². The molecular formula is C15H17N3O2. The quantitative estimate of drug-likeness (QED) is 0.908. The lowest BCUT2D eigenvalue weighted by atomic mass is 10.1. The van der Waals surface area contributed by atoms with E-state index in [1.54, 1.807) is 6.20 Å². The number of morpholine rings is 1. The van der Waals surface area contributed by atoms with E-state index in [-0.39, 0.29) is 12.0 Å². The Morgan fingerprint density at radius 2 is 2.20 bits per heavy atom. The number of aromatic amines is 1. The third-order valence-corrected chi connectivity index (χ3v) is 3.59. The fourth-order valence-electron chi connectivity index (χ4n) is 2.44. The van der Waals surface area contributed by atoms with Gasteiger partial charge in [0, 0.05) is 12.2 Å². The number of nitrogens with zero attached hydrogens (tertiary/aromatic N) is 2. The number of benzene rings is 1. The van der Waals surface area contributed by atoms with E-state index in [1.165, 1.54) is 0 Å². The van der Waals surface area contributed by atoms with Crippen molar-refractivity contribution in [1.82, 2.24) is 15.1 Å². The fourth-order valence-corrected chi connectivity index (χ4v) is 2.44. The van der Waals surface area contributed by atoms with Gasteiger partial charge in [-0.1, -0.05) is 30.3 Å². The Balaban J connectivity index is 1.76. The number of hydrogen-bond donors (Lipinski definition) is 1. The number of H-pyrrole nitrogens is 1. The molecule has 1 aromatic carbocycles. The van der Waals surface area contributed by atoms with Crippen LogP contribution in [-0.2, 0) is 4.74 Å². The van der Waals surface area contributed by atoms with Gasteiger partial charge < -0.3 is 9.64 Å². The van der Waals surface area contributed by atoms with Crippen LogP contribution >= 0.6 is 0 Å². The van der Waals surface area contributed by atoms with Crippen LogP contribution in [0.4, 0.5) is 0 Å². The van der Waals surface area contributed by atoms with Crippen LogP contribution in [0.5, 0.6) is 0 Å². The van der Waals surface area contributed by atoms with Crippen LogP contribution in [0.25, 0.3) is 0 Å². The molecule has 2 aromatic rings. The van der Waals surface area contributed by atoms with E-state index in [1.807, 2.05) is 42.2 Å². The maximum absolute atomic E-state index is 12.5. The summed E-state index contributed by atoms with van der Waals surface area (Å²) < 4.78 is 5.77. The van der Waals surface area contributed by atoms with Gasteiger partial charge in [0.05, 0.1) is 24.9 Å². The second-order valence-corrected chi connectivity index (χ2v) is 4.93. The van der Waals surface area contributed by atoms with Gasteiger partial charge >= 0.3 is 0 Å². The second-order valence-electron chi connectivity index (χ2n) is 4.93. The lowest BCUT2D eigenvalue weighted by molar-refractivity contribution is -0.0228. The molecule has 1 atom stereocenters. The van der Waals surface area contributed by atoms with Crippen LogP contribution in [0.1, 0.15) is 27.7 Å². The van der Waals surface area contributed by atoms with Crippen molar-refractivity contribution >= 4 is 5.91 Å². The molecule has 3 rings (SSSR count). The highest BCUT2D eigenvalue weighted by Gasteiger charge is 2.27. The molecule has 0 saturated carbocycles. The first-order chi connectivity index (χ1) is 9.75. The monoisotopic (exact) mass is 271 g/mol. The van der Waals surface area contributed by atoms with E-state index in [2.05, 4.69) is 10.2 Å². The highest BCUT2D eigenvalue weighted by molar-refractivity contribution is 5.95. The molecule has 5 heteroatoms. The molecule has 1 aromatic heterocycles. The van der Waals surface area contributed by atoms with Crippen LogP contribution in [0.3, 0.4) is 0 Å². The van der Waals surface area contributed by atoms with Gasteiger partial charge in [-0.25, -0.2) is 0 Å². The molecule has 20 heavy (non-hydrogen) atoms. The number of amides is 1. The normalized spacial score (nSPS) is 19.1. The third-order valence-electron chi connectivity index (χ3n) is 3.59. The Morgan fingerprint density at radius 1 is 1.40 bits per heavy atom. The van der Waals surface area contributed by atoms with Crippen molar-refractivity contribution in [2.45, 2.75) is 13.0 Å². The first-order valence-electron chi connectivity index (χ1n) is 6.71. The Morgan fingerprint density at radius 3 is 2.90 bits per heavy atom. The summed E-state index contributed by atoms with van der Waals surface area (Å²) >= 11 is 0. The molecule has 0 aliphatic carbocycles. The summed E-state index contributed by atoms with van der Waals surface area (Å²) in [5.74, 6) is 0.0143. The van der Waals surface area contributed by atoms with E-state index in [4.69, 9.17) is 4.74 Å². The van der Waals surface area contributed by atoms with Gasteiger partial charge in [0.1, 0.15) is 6.10 Å². The molecule has 1 aliphatic heterocycles. The maximum atomic E-state index is 12.5. The van der Waals surface area contributed by atoms with Crippen LogP contribution in [0, 0.1) is 6.92 Å². The molecular weight excluding hydrogens is 254 g/mol. The predicted octanol–water partition coefficient (Wildman–Crippen LogP) is 1.93. The molecule has 1 N–H and O–H groups in total. The molecule has 1 fully saturated rings. The zero-order chi connectivity index (χ0) is 13.9. The average molecular weight is 271 g/mol.